The Labute approximate surface area is 87.7 Å². The lowest BCUT2D eigenvalue weighted by molar-refractivity contribution is 0.444. The number of benzene rings is 1. The summed E-state index contributed by atoms with van der Waals surface area (Å²) < 4.78 is 1.28. The van der Waals surface area contributed by atoms with Crippen LogP contribution in [-0.2, 0) is 5.54 Å². The Balaban J connectivity index is 2.96. The average molecular weight is 275 g/mol. The molecule has 1 aromatic rings. The van der Waals surface area contributed by atoms with Gasteiger partial charge in [-0.1, -0.05) is 12.1 Å². The molecular formula is C10H14IN. The van der Waals surface area contributed by atoms with Crippen LogP contribution < -0.4 is 5.32 Å². The summed E-state index contributed by atoms with van der Waals surface area (Å²) in [6.45, 7) is 4.35. The van der Waals surface area contributed by atoms with Gasteiger partial charge in [-0.05, 0) is 61.2 Å². The first kappa shape index (κ1) is 9.99. The summed E-state index contributed by atoms with van der Waals surface area (Å²) in [5.41, 5.74) is 1.40. The molecule has 0 aliphatic rings. The maximum Gasteiger partial charge on any atom is 0.0374 e. The molecule has 0 saturated heterocycles. The van der Waals surface area contributed by atoms with Gasteiger partial charge in [0.15, 0.2) is 0 Å². The zero-order valence-corrected chi connectivity index (χ0v) is 9.84. The Kier molecular flexibility index (Phi) is 3.12. The predicted octanol–water partition coefficient (Wildman–Crippen LogP) is 2.75. The molecule has 0 amide bonds. The first-order chi connectivity index (χ1) is 5.56. The van der Waals surface area contributed by atoms with Crippen molar-refractivity contribution in [3.8, 4) is 0 Å². The van der Waals surface area contributed by atoms with Crippen molar-refractivity contribution in [2.24, 2.45) is 0 Å². The molecule has 0 heterocycles. The van der Waals surface area contributed by atoms with Gasteiger partial charge < -0.3 is 5.32 Å². The van der Waals surface area contributed by atoms with E-state index in [9.17, 15) is 0 Å². The second-order valence-electron chi connectivity index (χ2n) is 3.38. The van der Waals surface area contributed by atoms with Crippen LogP contribution in [0.15, 0.2) is 24.3 Å². The largest absolute Gasteiger partial charge is 0.311 e. The molecule has 0 unspecified atom stereocenters. The highest BCUT2D eigenvalue weighted by Gasteiger charge is 2.16. The minimum absolute atomic E-state index is 0.0737. The molecule has 0 atom stereocenters. The lowest BCUT2D eigenvalue weighted by atomic mass is 9.95. The first-order valence-electron chi connectivity index (χ1n) is 4.01. The molecule has 2 heteroatoms. The molecule has 0 aromatic heterocycles. The van der Waals surface area contributed by atoms with Gasteiger partial charge in [0.1, 0.15) is 0 Å². The molecule has 0 fully saturated rings. The first-order valence-corrected chi connectivity index (χ1v) is 5.09. The van der Waals surface area contributed by atoms with Gasteiger partial charge in [-0.15, -0.1) is 0 Å². The molecule has 0 bridgehead atoms. The summed E-state index contributed by atoms with van der Waals surface area (Å²) in [5, 5.41) is 3.27. The van der Waals surface area contributed by atoms with E-state index in [1.54, 1.807) is 0 Å². The summed E-state index contributed by atoms with van der Waals surface area (Å²) in [7, 11) is 1.98. The van der Waals surface area contributed by atoms with E-state index >= 15 is 0 Å². The van der Waals surface area contributed by atoms with Crippen LogP contribution in [0.5, 0.6) is 0 Å². The van der Waals surface area contributed by atoms with Crippen LogP contribution in [-0.4, -0.2) is 7.05 Å². The third-order valence-corrected chi connectivity index (χ3v) is 2.91. The Hall–Kier alpha value is -0.0900. The Morgan fingerprint density at radius 3 is 2.08 bits per heavy atom. The topological polar surface area (TPSA) is 12.0 Å². The molecule has 0 aliphatic carbocycles. The monoisotopic (exact) mass is 275 g/mol. The highest BCUT2D eigenvalue weighted by Crippen LogP contribution is 2.19. The van der Waals surface area contributed by atoms with Crippen molar-refractivity contribution < 1.29 is 0 Å². The molecular weight excluding hydrogens is 261 g/mol. The van der Waals surface area contributed by atoms with Crippen LogP contribution >= 0.6 is 22.6 Å². The van der Waals surface area contributed by atoms with E-state index in [2.05, 4.69) is 66.0 Å². The van der Waals surface area contributed by atoms with Gasteiger partial charge >= 0.3 is 0 Å². The second-order valence-corrected chi connectivity index (χ2v) is 4.63. The van der Waals surface area contributed by atoms with E-state index in [-0.39, 0.29) is 5.54 Å². The Morgan fingerprint density at radius 2 is 1.67 bits per heavy atom. The van der Waals surface area contributed by atoms with E-state index in [1.807, 2.05) is 7.05 Å². The standard InChI is InChI=1S/C10H14IN/c1-10(2,12-3)8-4-6-9(11)7-5-8/h4-7,12H,1-3H3. The summed E-state index contributed by atoms with van der Waals surface area (Å²) in [5.74, 6) is 0. The molecule has 1 N–H and O–H groups in total. The van der Waals surface area contributed by atoms with Gasteiger partial charge in [0.2, 0.25) is 0 Å². The van der Waals surface area contributed by atoms with Gasteiger partial charge in [-0.2, -0.15) is 0 Å². The maximum atomic E-state index is 3.27. The fourth-order valence-corrected chi connectivity index (χ4v) is 1.37. The molecule has 1 nitrogen and oxygen atoms in total. The molecule has 0 aliphatic heterocycles. The fraction of sp³-hybridized carbons (Fsp3) is 0.400. The smallest absolute Gasteiger partial charge is 0.0374 e. The minimum atomic E-state index is 0.0737. The van der Waals surface area contributed by atoms with Crippen molar-refractivity contribution >= 4 is 22.6 Å². The fourth-order valence-electron chi connectivity index (χ4n) is 1.01. The van der Waals surface area contributed by atoms with Crippen molar-refractivity contribution in [3.05, 3.63) is 33.4 Å². The number of nitrogens with one attached hydrogen (secondary N) is 1. The highest BCUT2D eigenvalue weighted by atomic mass is 127. The molecule has 66 valence electrons. The van der Waals surface area contributed by atoms with Crippen LogP contribution in [0, 0.1) is 3.57 Å². The van der Waals surface area contributed by atoms with E-state index in [4.69, 9.17) is 0 Å². The van der Waals surface area contributed by atoms with Gasteiger partial charge in [0.05, 0.1) is 0 Å². The predicted molar refractivity (Wildman–Crippen MR) is 61.2 cm³/mol. The third kappa shape index (κ3) is 2.20. The number of halogens is 1. The quantitative estimate of drug-likeness (QED) is 0.818. The van der Waals surface area contributed by atoms with Crippen LogP contribution in [0.1, 0.15) is 19.4 Å². The van der Waals surface area contributed by atoms with Crippen molar-refractivity contribution in [3.63, 3.8) is 0 Å². The molecule has 0 saturated carbocycles. The average Bonchev–Trinajstić information content (AvgIpc) is 2.05. The summed E-state index contributed by atoms with van der Waals surface area (Å²) in [6.07, 6.45) is 0. The molecule has 0 spiro atoms. The van der Waals surface area contributed by atoms with E-state index in [0.29, 0.717) is 0 Å². The van der Waals surface area contributed by atoms with Crippen LogP contribution in [0.2, 0.25) is 0 Å². The zero-order chi connectivity index (χ0) is 9.19. The number of hydrogen-bond acceptors (Lipinski definition) is 1. The lowest BCUT2D eigenvalue weighted by Crippen LogP contribution is -2.32. The second kappa shape index (κ2) is 3.75. The van der Waals surface area contributed by atoms with Crippen molar-refractivity contribution in [1.29, 1.82) is 0 Å². The van der Waals surface area contributed by atoms with E-state index in [0.717, 1.165) is 0 Å². The van der Waals surface area contributed by atoms with E-state index < -0.39 is 0 Å². The minimum Gasteiger partial charge on any atom is -0.311 e. The van der Waals surface area contributed by atoms with E-state index in [1.165, 1.54) is 9.13 Å². The van der Waals surface area contributed by atoms with Gasteiger partial charge in [-0.3, -0.25) is 0 Å². The SMILES string of the molecule is CNC(C)(C)c1ccc(I)cc1. The van der Waals surface area contributed by atoms with Gasteiger partial charge in [0.25, 0.3) is 0 Å². The molecule has 12 heavy (non-hydrogen) atoms. The summed E-state index contributed by atoms with van der Waals surface area (Å²) >= 11 is 2.32. The van der Waals surface area contributed by atoms with Crippen molar-refractivity contribution in [1.82, 2.24) is 5.32 Å². The number of rotatable bonds is 2. The Bertz CT molecular complexity index is 251. The molecule has 0 radical (unpaired) electrons. The van der Waals surface area contributed by atoms with Crippen LogP contribution in [0.3, 0.4) is 0 Å². The lowest BCUT2D eigenvalue weighted by Gasteiger charge is -2.24. The summed E-state index contributed by atoms with van der Waals surface area (Å²) in [6, 6.07) is 8.60. The molecule has 1 aromatic carbocycles. The Morgan fingerprint density at radius 1 is 1.17 bits per heavy atom. The number of hydrogen-bond donors (Lipinski definition) is 1. The highest BCUT2D eigenvalue weighted by molar-refractivity contribution is 14.1. The third-order valence-electron chi connectivity index (χ3n) is 2.19. The maximum absolute atomic E-state index is 3.27. The van der Waals surface area contributed by atoms with Crippen LogP contribution in [0.25, 0.3) is 0 Å². The van der Waals surface area contributed by atoms with Gasteiger partial charge in [-0.25, -0.2) is 0 Å². The zero-order valence-electron chi connectivity index (χ0n) is 7.69. The normalized spacial score (nSPS) is 11.7. The van der Waals surface area contributed by atoms with Crippen molar-refractivity contribution in [2.75, 3.05) is 7.05 Å². The summed E-state index contributed by atoms with van der Waals surface area (Å²) in [4.78, 5) is 0. The van der Waals surface area contributed by atoms with Crippen LogP contribution in [0.4, 0.5) is 0 Å². The van der Waals surface area contributed by atoms with Crippen molar-refractivity contribution in [2.45, 2.75) is 19.4 Å². The van der Waals surface area contributed by atoms with Gasteiger partial charge in [0, 0.05) is 9.11 Å². The molecule has 1 rings (SSSR count).